The van der Waals surface area contributed by atoms with Crippen LogP contribution in [0.4, 0.5) is 18.9 Å². The summed E-state index contributed by atoms with van der Waals surface area (Å²) in [5.41, 5.74) is 2.11. The Balaban J connectivity index is 1.17. The number of amides is 1. The predicted octanol–water partition coefficient (Wildman–Crippen LogP) is 5.58. The van der Waals surface area contributed by atoms with Crippen LogP contribution in [0.15, 0.2) is 77.7 Å². The van der Waals surface area contributed by atoms with Crippen LogP contribution in [-0.2, 0) is 20.8 Å². The number of benzene rings is 3. The molecule has 0 radical (unpaired) electrons. The number of sulfone groups is 1. The van der Waals surface area contributed by atoms with Crippen molar-refractivity contribution in [3.63, 3.8) is 0 Å². The van der Waals surface area contributed by atoms with Crippen LogP contribution in [-0.4, -0.2) is 81.1 Å². The van der Waals surface area contributed by atoms with Crippen LogP contribution >= 0.6 is 0 Å². The first-order valence-corrected chi connectivity index (χ1v) is 18.2. The molecule has 4 atom stereocenters. The number of ether oxygens (including phenoxy) is 1. The van der Waals surface area contributed by atoms with Crippen molar-refractivity contribution in [3.05, 3.63) is 95.1 Å². The van der Waals surface area contributed by atoms with Gasteiger partial charge in [0.1, 0.15) is 0 Å². The van der Waals surface area contributed by atoms with Crippen LogP contribution < -0.4 is 10.2 Å². The van der Waals surface area contributed by atoms with Crippen LogP contribution in [0.5, 0.6) is 0 Å². The minimum Gasteiger partial charge on any atom is -0.394 e. The van der Waals surface area contributed by atoms with Gasteiger partial charge in [-0.05, 0) is 78.9 Å². The molecule has 0 aliphatic carbocycles. The molecule has 1 spiro atoms. The van der Waals surface area contributed by atoms with E-state index in [1.807, 2.05) is 12.1 Å². The second kappa shape index (κ2) is 13.8. The van der Waals surface area contributed by atoms with E-state index in [1.54, 1.807) is 43.3 Å². The number of carbonyl (C=O) groups is 1. The number of halogens is 3. The molecular formula is C36H42F3N3O5S. The Hall–Kier alpha value is -3.45. The Bertz CT molecular complexity index is 1680. The van der Waals surface area contributed by atoms with Crippen molar-refractivity contribution in [2.45, 2.75) is 67.3 Å². The van der Waals surface area contributed by atoms with Gasteiger partial charge in [-0.1, -0.05) is 31.2 Å². The molecule has 3 aliphatic heterocycles. The molecule has 2 unspecified atom stereocenters. The Morgan fingerprint density at radius 2 is 1.71 bits per heavy atom. The first-order valence-electron chi connectivity index (χ1n) is 16.5. The molecule has 0 saturated carbocycles. The zero-order valence-electron chi connectivity index (χ0n) is 27.0. The third-order valence-corrected chi connectivity index (χ3v) is 12.0. The fourth-order valence-electron chi connectivity index (χ4n) is 7.20. The summed E-state index contributed by atoms with van der Waals surface area (Å²) in [6.45, 7) is 5.37. The van der Waals surface area contributed by atoms with Crippen molar-refractivity contribution in [2.75, 3.05) is 50.0 Å². The minimum atomic E-state index is -4.38. The lowest BCUT2D eigenvalue weighted by Gasteiger charge is -2.44. The van der Waals surface area contributed by atoms with E-state index in [0.29, 0.717) is 17.7 Å². The summed E-state index contributed by atoms with van der Waals surface area (Å²) in [7, 11) is -3.37. The molecule has 3 saturated heterocycles. The van der Waals surface area contributed by atoms with Gasteiger partial charge in [-0.25, -0.2) is 8.42 Å². The van der Waals surface area contributed by atoms with Crippen LogP contribution in [0, 0.1) is 0 Å². The fraction of sp³-hybridized carbons (Fsp3) is 0.472. The van der Waals surface area contributed by atoms with Gasteiger partial charge in [0.2, 0.25) is 0 Å². The Morgan fingerprint density at radius 1 is 1.02 bits per heavy atom. The molecule has 3 heterocycles. The van der Waals surface area contributed by atoms with Crippen LogP contribution in [0.2, 0.25) is 0 Å². The van der Waals surface area contributed by atoms with Gasteiger partial charge in [0.25, 0.3) is 5.91 Å². The third kappa shape index (κ3) is 7.41. The SMILES string of the molecule is CCS(=O)(=O)c1ccc([C@H](CO)NC(=O)c2ccc(N3CC(c4ccc(C(F)(F)F)cc4)CC[C@H]3CN3CCC4(CCO4)C3)cc2)cc1. The van der Waals surface area contributed by atoms with Crippen LogP contribution in [0.3, 0.4) is 0 Å². The molecule has 12 heteroatoms. The van der Waals surface area contributed by atoms with E-state index < -0.39 is 27.6 Å². The number of nitrogens with zero attached hydrogens (tertiary/aromatic N) is 2. The smallest absolute Gasteiger partial charge is 0.394 e. The standard InChI is InChI=1S/C36H42F3N3O5S/c1-2-48(45,46)32-15-8-26(9-16-32)33(23-43)40-34(44)27-5-12-30(13-6-27)42-21-28(25-3-10-29(11-4-25)36(37,38)39)7-14-31(42)22-41-19-17-35(24-41)18-20-47-35/h3-6,8-13,15-16,28,31,33,43H,2,7,14,17-24H2,1H3,(H,40,44)/t28?,31-,33-,35?/m0/s1. The van der Waals surface area contributed by atoms with Gasteiger partial charge < -0.3 is 20.1 Å². The molecule has 3 aromatic carbocycles. The Morgan fingerprint density at radius 3 is 2.27 bits per heavy atom. The first-order chi connectivity index (χ1) is 22.9. The molecular weight excluding hydrogens is 643 g/mol. The summed E-state index contributed by atoms with van der Waals surface area (Å²) >= 11 is 0. The minimum absolute atomic E-state index is 0.0149. The monoisotopic (exact) mass is 685 g/mol. The number of rotatable bonds is 10. The van der Waals surface area contributed by atoms with Gasteiger partial charge in [-0.2, -0.15) is 13.2 Å². The van der Waals surface area contributed by atoms with E-state index >= 15 is 0 Å². The molecule has 6 rings (SSSR count). The number of carbonyl (C=O) groups excluding carboxylic acids is 1. The molecule has 1 amide bonds. The molecule has 0 aromatic heterocycles. The highest BCUT2D eigenvalue weighted by Crippen LogP contribution is 2.39. The zero-order valence-corrected chi connectivity index (χ0v) is 27.8. The molecule has 48 heavy (non-hydrogen) atoms. The normalized spacial score (nSPS) is 24.0. The van der Waals surface area contributed by atoms with Gasteiger partial charge in [-0.3, -0.25) is 9.69 Å². The number of nitrogens with one attached hydrogen (secondary N) is 1. The van der Waals surface area contributed by atoms with Crippen molar-refractivity contribution >= 4 is 21.4 Å². The van der Waals surface area contributed by atoms with Crippen LogP contribution in [0.25, 0.3) is 0 Å². The second-order valence-corrected chi connectivity index (χ2v) is 15.5. The van der Waals surface area contributed by atoms with Crippen molar-refractivity contribution in [2.24, 2.45) is 0 Å². The highest BCUT2D eigenvalue weighted by molar-refractivity contribution is 7.91. The summed E-state index contributed by atoms with van der Waals surface area (Å²) in [5.74, 6) is -0.355. The van der Waals surface area contributed by atoms with E-state index in [4.69, 9.17) is 4.74 Å². The Kier molecular flexibility index (Phi) is 9.90. The van der Waals surface area contributed by atoms with E-state index in [2.05, 4.69) is 15.1 Å². The summed E-state index contributed by atoms with van der Waals surface area (Å²) in [6, 6.07) is 18.4. The van der Waals surface area contributed by atoms with Crippen molar-refractivity contribution in [1.82, 2.24) is 10.2 Å². The maximum Gasteiger partial charge on any atom is 0.416 e. The highest BCUT2D eigenvalue weighted by atomic mass is 32.2. The number of hydrogen-bond donors (Lipinski definition) is 2. The quantitative estimate of drug-likeness (QED) is 0.288. The summed E-state index contributed by atoms with van der Waals surface area (Å²) in [5, 5.41) is 12.9. The number of piperidine rings is 1. The summed E-state index contributed by atoms with van der Waals surface area (Å²) in [6.07, 6.45) is -0.548. The lowest BCUT2D eigenvalue weighted by Crippen LogP contribution is -2.50. The number of alkyl halides is 3. The van der Waals surface area contributed by atoms with Gasteiger partial charge >= 0.3 is 6.18 Å². The number of aliphatic hydroxyl groups excluding tert-OH is 1. The summed E-state index contributed by atoms with van der Waals surface area (Å²) in [4.78, 5) is 18.2. The zero-order chi connectivity index (χ0) is 34.1. The highest BCUT2D eigenvalue weighted by Gasteiger charge is 2.45. The average Bonchev–Trinajstić information content (AvgIpc) is 3.52. The van der Waals surface area contributed by atoms with Crippen LogP contribution in [0.1, 0.15) is 71.6 Å². The van der Waals surface area contributed by atoms with Crippen molar-refractivity contribution in [1.29, 1.82) is 0 Å². The number of aliphatic hydroxyl groups is 1. The molecule has 8 nitrogen and oxygen atoms in total. The molecule has 2 N–H and O–H groups in total. The Labute approximate surface area is 279 Å². The predicted molar refractivity (Wildman–Crippen MR) is 177 cm³/mol. The van der Waals surface area contributed by atoms with Gasteiger partial charge in [0.15, 0.2) is 9.84 Å². The van der Waals surface area contributed by atoms with Gasteiger partial charge in [0.05, 0.1) is 41.1 Å². The maximum absolute atomic E-state index is 13.2. The molecule has 3 aliphatic rings. The maximum atomic E-state index is 13.2. The van der Waals surface area contributed by atoms with Crippen molar-refractivity contribution < 1.29 is 36.2 Å². The summed E-state index contributed by atoms with van der Waals surface area (Å²) < 4.78 is 69.9. The molecule has 3 fully saturated rings. The number of likely N-dealkylation sites (tertiary alicyclic amines) is 1. The lowest BCUT2D eigenvalue weighted by molar-refractivity contribution is -0.137. The van der Waals surface area contributed by atoms with Crippen molar-refractivity contribution in [3.8, 4) is 0 Å². The van der Waals surface area contributed by atoms with E-state index in [-0.39, 0.29) is 40.7 Å². The molecule has 258 valence electrons. The van der Waals surface area contributed by atoms with E-state index in [0.717, 1.165) is 75.3 Å². The average molecular weight is 686 g/mol. The third-order valence-electron chi connectivity index (χ3n) is 10.2. The van der Waals surface area contributed by atoms with E-state index in [1.165, 1.54) is 12.1 Å². The van der Waals surface area contributed by atoms with E-state index in [9.17, 15) is 31.5 Å². The second-order valence-electron chi connectivity index (χ2n) is 13.2. The largest absolute Gasteiger partial charge is 0.416 e. The topological polar surface area (TPSA) is 99.2 Å². The van der Waals surface area contributed by atoms with Gasteiger partial charge in [-0.15, -0.1) is 0 Å². The van der Waals surface area contributed by atoms with Gasteiger partial charge in [0, 0.05) is 55.8 Å². The fourth-order valence-corrected chi connectivity index (χ4v) is 8.08. The molecule has 0 bridgehead atoms. The first kappa shape index (κ1) is 34.4. The number of anilines is 1. The molecule has 3 aromatic rings. The number of hydrogen-bond acceptors (Lipinski definition) is 7. The lowest BCUT2D eigenvalue weighted by atomic mass is 9.86.